The first-order valence-electron chi connectivity index (χ1n) is 14.5. The molecule has 0 aliphatic carbocycles. The monoisotopic (exact) mass is 591 g/mol. The summed E-state index contributed by atoms with van der Waals surface area (Å²) in [7, 11) is -2.03. The molecule has 8 rings (SSSR count). The Morgan fingerprint density at radius 1 is 0.488 bits per heavy atom. The Balaban J connectivity index is 1.33. The molecule has 0 amide bonds. The Morgan fingerprint density at radius 2 is 1.07 bits per heavy atom. The van der Waals surface area contributed by atoms with Crippen LogP contribution in [0.15, 0.2) is 149 Å². The van der Waals surface area contributed by atoms with Gasteiger partial charge in [0.15, 0.2) is 11.5 Å². The van der Waals surface area contributed by atoms with E-state index in [1.165, 1.54) is 21.5 Å². The number of anilines is 3. The zero-order valence-electron chi connectivity index (χ0n) is 24.0. The molecule has 208 valence electrons. The van der Waals surface area contributed by atoms with Gasteiger partial charge in [0, 0.05) is 5.69 Å². The van der Waals surface area contributed by atoms with Gasteiger partial charge >= 0.3 is 0 Å². The van der Waals surface area contributed by atoms with Gasteiger partial charge in [-0.1, -0.05) is 116 Å². The Hall–Kier alpha value is -4.71. The summed E-state index contributed by atoms with van der Waals surface area (Å²) in [6.07, 6.45) is 0. The second-order valence-corrected chi connectivity index (χ2v) is 16.8. The molecule has 0 aromatic heterocycles. The molecule has 6 aromatic carbocycles. The van der Waals surface area contributed by atoms with Crippen LogP contribution >= 0.6 is 11.8 Å². The van der Waals surface area contributed by atoms with Crippen LogP contribution in [0.2, 0.25) is 13.1 Å². The number of hydrogen-bond acceptors (Lipinski definition) is 4. The molecule has 5 heteroatoms. The maximum absolute atomic E-state index is 6.81. The molecule has 0 fully saturated rings. The average molecular weight is 592 g/mol. The largest absolute Gasteiger partial charge is 0.455 e. The van der Waals surface area contributed by atoms with E-state index in [0.29, 0.717) is 0 Å². The van der Waals surface area contributed by atoms with Crippen LogP contribution in [-0.4, -0.2) is 8.07 Å². The number of ether oxygens (including phenoxy) is 2. The van der Waals surface area contributed by atoms with Crippen molar-refractivity contribution in [1.82, 2.24) is 0 Å². The van der Waals surface area contributed by atoms with Gasteiger partial charge in [-0.15, -0.1) is 0 Å². The second-order valence-electron chi connectivity index (χ2n) is 11.4. The molecule has 43 heavy (non-hydrogen) atoms. The first kappa shape index (κ1) is 26.0. The SMILES string of the molecule is C[Si]1(C)c2ccccc2Oc2c(N(c3ccc(-c4ccccc4)cc3)c3cccc4c3Oc3ccccc3S4)cccc21. The van der Waals surface area contributed by atoms with E-state index in [-0.39, 0.29) is 0 Å². The lowest BCUT2D eigenvalue weighted by atomic mass is 10.0. The predicted molar refractivity (Wildman–Crippen MR) is 180 cm³/mol. The number of rotatable bonds is 4. The summed E-state index contributed by atoms with van der Waals surface area (Å²) in [5.74, 6) is 3.60. The maximum atomic E-state index is 6.81. The van der Waals surface area contributed by atoms with E-state index in [0.717, 1.165) is 49.9 Å². The fourth-order valence-electron chi connectivity index (χ4n) is 6.18. The number of fused-ring (bicyclic) bond motifs is 4. The highest BCUT2D eigenvalue weighted by molar-refractivity contribution is 7.99. The van der Waals surface area contributed by atoms with Crippen LogP contribution in [0.1, 0.15) is 0 Å². The van der Waals surface area contributed by atoms with Gasteiger partial charge in [-0.3, -0.25) is 0 Å². The molecule has 0 saturated carbocycles. The van der Waals surface area contributed by atoms with Gasteiger partial charge in [0.25, 0.3) is 0 Å². The number of hydrogen-bond donors (Lipinski definition) is 0. The van der Waals surface area contributed by atoms with E-state index < -0.39 is 8.07 Å². The van der Waals surface area contributed by atoms with Crippen LogP contribution in [0.3, 0.4) is 0 Å². The predicted octanol–water partition coefficient (Wildman–Crippen LogP) is 10.0. The summed E-state index contributed by atoms with van der Waals surface area (Å²) < 4.78 is 13.5. The summed E-state index contributed by atoms with van der Waals surface area (Å²) in [4.78, 5) is 4.52. The number of para-hydroxylation sites is 4. The highest BCUT2D eigenvalue weighted by Gasteiger charge is 2.38. The molecule has 2 aliphatic rings. The zero-order chi connectivity index (χ0) is 29.0. The van der Waals surface area contributed by atoms with Gasteiger partial charge in [-0.2, -0.15) is 0 Å². The Kier molecular flexibility index (Phi) is 6.17. The van der Waals surface area contributed by atoms with Gasteiger partial charge in [-0.25, -0.2) is 0 Å². The van der Waals surface area contributed by atoms with Crippen molar-refractivity contribution < 1.29 is 9.47 Å². The molecule has 2 aliphatic heterocycles. The molecular weight excluding hydrogens is 563 g/mol. The van der Waals surface area contributed by atoms with Crippen molar-refractivity contribution in [3.05, 3.63) is 140 Å². The Bertz CT molecular complexity index is 1990. The number of benzene rings is 6. The standard InChI is InChI=1S/C38H29NO2SSi/c1-43(2)35-20-9-7-17-32(35)41-38-30(15-11-21-36(38)43)39(28-24-22-27(23-25-28)26-12-4-3-5-13-26)29-14-10-19-34-37(29)40-31-16-6-8-18-33(31)42-34/h3-25H,1-2H3. The lowest BCUT2D eigenvalue weighted by Crippen LogP contribution is -2.56. The number of nitrogens with zero attached hydrogens (tertiary/aromatic N) is 1. The third-order valence-corrected chi connectivity index (χ3v) is 13.0. The molecule has 3 nitrogen and oxygen atoms in total. The molecule has 2 heterocycles. The molecule has 0 bridgehead atoms. The molecule has 0 saturated heterocycles. The van der Waals surface area contributed by atoms with Crippen LogP contribution in [-0.2, 0) is 0 Å². The average Bonchev–Trinajstić information content (AvgIpc) is 3.05. The third-order valence-electron chi connectivity index (χ3n) is 8.39. The summed E-state index contributed by atoms with van der Waals surface area (Å²) in [5, 5.41) is 2.62. The topological polar surface area (TPSA) is 21.7 Å². The molecule has 0 radical (unpaired) electrons. The molecule has 0 spiro atoms. The molecular formula is C38H29NO2SSi. The van der Waals surface area contributed by atoms with E-state index in [1.807, 2.05) is 12.1 Å². The van der Waals surface area contributed by atoms with Crippen LogP contribution < -0.4 is 24.7 Å². The normalized spacial score (nSPS) is 13.8. The van der Waals surface area contributed by atoms with E-state index in [1.54, 1.807) is 11.8 Å². The van der Waals surface area contributed by atoms with E-state index in [9.17, 15) is 0 Å². The van der Waals surface area contributed by atoms with Crippen LogP contribution in [0.4, 0.5) is 17.1 Å². The lowest BCUT2D eigenvalue weighted by molar-refractivity contribution is 0.455. The fourth-order valence-corrected chi connectivity index (χ4v) is 9.97. The quantitative estimate of drug-likeness (QED) is 0.190. The van der Waals surface area contributed by atoms with E-state index >= 15 is 0 Å². The van der Waals surface area contributed by atoms with Crippen molar-refractivity contribution in [1.29, 1.82) is 0 Å². The van der Waals surface area contributed by atoms with Crippen LogP contribution in [0.25, 0.3) is 11.1 Å². The van der Waals surface area contributed by atoms with Gasteiger partial charge in [0.1, 0.15) is 19.6 Å². The highest BCUT2D eigenvalue weighted by atomic mass is 32.2. The summed E-state index contributed by atoms with van der Waals surface area (Å²) in [6.45, 7) is 4.83. The van der Waals surface area contributed by atoms with Crippen molar-refractivity contribution >= 4 is 47.3 Å². The van der Waals surface area contributed by atoms with Gasteiger partial charge in [-0.05, 0) is 70.0 Å². The molecule has 6 aromatic rings. The van der Waals surface area contributed by atoms with Crippen molar-refractivity contribution in [3.8, 4) is 34.1 Å². The molecule has 0 N–H and O–H groups in total. The van der Waals surface area contributed by atoms with Crippen molar-refractivity contribution in [2.24, 2.45) is 0 Å². The third kappa shape index (κ3) is 4.35. The van der Waals surface area contributed by atoms with Crippen LogP contribution in [0, 0.1) is 0 Å². The Morgan fingerprint density at radius 3 is 1.88 bits per heavy atom. The van der Waals surface area contributed by atoms with Crippen molar-refractivity contribution in [2.45, 2.75) is 22.9 Å². The van der Waals surface area contributed by atoms with Crippen molar-refractivity contribution in [2.75, 3.05) is 4.90 Å². The smallest absolute Gasteiger partial charge is 0.165 e. The van der Waals surface area contributed by atoms with E-state index in [4.69, 9.17) is 9.47 Å². The van der Waals surface area contributed by atoms with Gasteiger partial charge in [0.05, 0.1) is 21.2 Å². The summed E-state index contributed by atoms with van der Waals surface area (Å²) in [5.41, 5.74) is 5.38. The zero-order valence-corrected chi connectivity index (χ0v) is 25.8. The van der Waals surface area contributed by atoms with Crippen molar-refractivity contribution in [3.63, 3.8) is 0 Å². The van der Waals surface area contributed by atoms with Crippen LogP contribution in [0.5, 0.6) is 23.0 Å². The van der Waals surface area contributed by atoms with Gasteiger partial charge in [0.2, 0.25) is 0 Å². The van der Waals surface area contributed by atoms with E-state index in [2.05, 4.69) is 145 Å². The fraction of sp³-hybridized carbons (Fsp3) is 0.0526. The lowest BCUT2D eigenvalue weighted by Gasteiger charge is -2.37. The Labute approximate surface area is 257 Å². The molecule has 0 atom stereocenters. The highest BCUT2D eigenvalue weighted by Crippen LogP contribution is 2.54. The summed E-state index contributed by atoms with van der Waals surface area (Å²) in [6, 6.07) is 49.0. The minimum atomic E-state index is -2.03. The second kappa shape index (κ2) is 10.2. The van der Waals surface area contributed by atoms with Gasteiger partial charge < -0.3 is 14.4 Å². The first-order valence-corrected chi connectivity index (χ1v) is 18.3. The minimum Gasteiger partial charge on any atom is -0.455 e. The molecule has 0 unspecified atom stereocenters. The minimum absolute atomic E-state index is 0.851. The summed E-state index contributed by atoms with van der Waals surface area (Å²) >= 11 is 1.75. The first-order chi connectivity index (χ1) is 21.1. The maximum Gasteiger partial charge on any atom is 0.165 e.